The van der Waals surface area contributed by atoms with E-state index in [1.54, 1.807) is 12.4 Å². The van der Waals surface area contributed by atoms with Crippen molar-refractivity contribution < 1.29 is 0 Å². The first-order valence-electron chi connectivity index (χ1n) is 4.11. The summed E-state index contributed by atoms with van der Waals surface area (Å²) in [6.45, 7) is 2.02. The van der Waals surface area contributed by atoms with Crippen LogP contribution in [0.15, 0.2) is 36.8 Å². The van der Waals surface area contributed by atoms with Crippen molar-refractivity contribution in [3.8, 4) is 11.3 Å². The first-order chi connectivity index (χ1) is 6.38. The molecule has 2 nitrogen and oxygen atoms in total. The van der Waals surface area contributed by atoms with Gasteiger partial charge in [0, 0.05) is 30.2 Å². The second kappa shape index (κ2) is 3.35. The molecule has 1 radical (unpaired) electrons. The molecule has 2 heteroatoms. The highest BCUT2D eigenvalue weighted by molar-refractivity contribution is 5.61. The molecular weight excluding hydrogens is 160 g/mol. The molecular formula is C11H9N2. The monoisotopic (exact) mass is 169 g/mol. The van der Waals surface area contributed by atoms with Gasteiger partial charge < -0.3 is 0 Å². The number of aromatic nitrogens is 2. The number of nitrogens with zero attached hydrogens (tertiary/aromatic N) is 2. The van der Waals surface area contributed by atoms with Crippen LogP contribution in [0.25, 0.3) is 11.3 Å². The molecule has 0 aliphatic heterocycles. The summed E-state index contributed by atoms with van der Waals surface area (Å²) in [4.78, 5) is 8.26. The molecule has 63 valence electrons. The number of hydrogen-bond acceptors (Lipinski definition) is 2. The number of aryl methyl sites for hydroxylation is 1. The second-order valence-electron chi connectivity index (χ2n) is 2.82. The summed E-state index contributed by atoms with van der Waals surface area (Å²) in [5, 5.41) is 0. The molecule has 0 unspecified atom stereocenters. The van der Waals surface area contributed by atoms with Crippen LogP contribution in [-0.4, -0.2) is 9.97 Å². The van der Waals surface area contributed by atoms with Crippen LogP contribution in [-0.2, 0) is 0 Å². The summed E-state index contributed by atoms with van der Waals surface area (Å²) >= 11 is 0. The molecule has 0 atom stereocenters. The summed E-state index contributed by atoms with van der Waals surface area (Å²) in [5.41, 5.74) is 3.09. The molecule has 2 aromatic heterocycles. The molecule has 0 amide bonds. The molecule has 2 heterocycles. The third kappa shape index (κ3) is 1.56. The Morgan fingerprint density at radius 1 is 1.31 bits per heavy atom. The zero-order valence-corrected chi connectivity index (χ0v) is 7.36. The van der Waals surface area contributed by atoms with E-state index in [0.29, 0.717) is 0 Å². The van der Waals surface area contributed by atoms with Gasteiger partial charge in [-0.3, -0.25) is 9.97 Å². The van der Waals surface area contributed by atoms with Crippen molar-refractivity contribution >= 4 is 0 Å². The van der Waals surface area contributed by atoms with Gasteiger partial charge in [-0.15, -0.1) is 0 Å². The molecule has 2 rings (SSSR count). The Morgan fingerprint density at radius 2 is 2.23 bits per heavy atom. The van der Waals surface area contributed by atoms with Gasteiger partial charge in [0.15, 0.2) is 0 Å². The van der Waals surface area contributed by atoms with Crippen molar-refractivity contribution in [3.63, 3.8) is 0 Å². The van der Waals surface area contributed by atoms with E-state index in [9.17, 15) is 0 Å². The van der Waals surface area contributed by atoms with Crippen LogP contribution in [0.3, 0.4) is 0 Å². The van der Waals surface area contributed by atoms with Crippen LogP contribution in [0.1, 0.15) is 5.56 Å². The van der Waals surface area contributed by atoms with Gasteiger partial charge >= 0.3 is 0 Å². The maximum absolute atomic E-state index is 4.23. The van der Waals surface area contributed by atoms with E-state index in [-0.39, 0.29) is 0 Å². The third-order valence-electron chi connectivity index (χ3n) is 1.88. The molecule has 13 heavy (non-hydrogen) atoms. The maximum Gasteiger partial charge on any atom is 0.0784 e. The highest BCUT2D eigenvalue weighted by Crippen LogP contribution is 2.18. The topological polar surface area (TPSA) is 25.8 Å². The average Bonchev–Trinajstić information content (AvgIpc) is 2.20. The third-order valence-corrected chi connectivity index (χ3v) is 1.88. The quantitative estimate of drug-likeness (QED) is 0.654. The Bertz CT molecular complexity index is 396. The van der Waals surface area contributed by atoms with Gasteiger partial charge in [0.2, 0.25) is 0 Å². The summed E-state index contributed by atoms with van der Waals surface area (Å²) in [6.07, 6.45) is 5.37. The highest BCUT2D eigenvalue weighted by Gasteiger charge is 2.00. The Kier molecular flexibility index (Phi) is 2.04. The zero-order chi connectivity index (χ0) is 9.10. The fourth-order valence-corrected chi connectivity index (χ4v) is 1.21. The van der Waals surface area contributed by atoms with Crippen molar-refractivity contribution in [3.05, 3.63) is 48.4 Å². The van der Waals surface area contributed by atoms with E-state index in [1.165, 1.54) is 0 Å². The Labute approximate surface area is 77.3 Å². The lowest BCUT2D eigenvalue weighted by Gasteiger charge is -2.01. The van der Waals surface area contributed by atoms with Gasteiger partial charge in [-0.2, -0.15) is 0 Å². The zero-order valence-electron chi connectivity index (χ0n) is 7.36. The van der Waals surface area contributed by atoms with Crippen molar-refractivity contribution in [1.82, 2.24) is 9.97 Å². The minimum atomic E-state index is 0.877. The fraction of sp³-hybridized carbons (Fsp3) is 0.0909. The second-order valence-corrected chi connectivity index (χ2v) is 2.82. The van der Waals surface area contributed by atoms with E-state index < -0.39 is 0 Å². The SMILES string of the molecule is Cc1cnccc1-c1[c]cccn1. The van der Waals surface area contributed by atoms with E-state index in [4.69, 9.17) is 0 Å². The predicted octanol–water partition coefficient (Wildman–Crippen LogP) is 2.25. The molecule has 0 aliphatic rings. The molecule has 0 saturated carbocycles. The van der Waals surface area contributed by atoms with Gasteiger partial charge in [0.1, 0.15) is 0 Å². The van der Waals surface area contributed by atoms with Crippen molar-refractivity contribution in [2.75, 3.05) is 0 Å². The minimum absolute atomic E-state index is 0.877. The van der Waals surface area contributed by atoms with Crippen molar-refractivity contribution in [1.29, 1.82) is 0 Å². The number of rotatable bonds is 1. The minimum Gasteiger partial charge on any atom is -0.264 e. The first kappa shape index (κ1) is 7.92. The summed E-state index contributed by atoms with van der Waals surface area (Å²) in [7, 11) is 0. The summed E-state index contributed by atoms with van der Waals surface area (Å²) < 4.78 is 0. The smallest absolute Gasteiger partial charge is 0.0784 e. The van der Waals surface area contributed by atoms with E-state index in [1.807, 2.05) is 31.3 Å². The lowest BCUT2D eigenvalue weighted by Crippen LogP contribution is -1.86. The average molecular weight is 169 g/mol. The van der Waals surface area contributed by atoms with Crippen LogP contribution in [0.5, 0.6) is 0 Å². The normalized spacial score (nSPS) is 9.92. The maximum atomic E-state index is 4.23. The van der Waals surface area contributed by atoms with Gasteiger partial charge in [-0.05, 0) is 24.6 Å². The Balaban J connectivity index is 2.54. The molecule has 2 aromatic rings. The van der Waals surface area contributed by atoms with Crippen molar-refractivity contribution in [2.24, 2.45) is 0 Å². The molecule has 0 aliphatic carbocycles. The van der Waals surface area contributed by atoms with Crippen LogP contribution in [0, 0.1) is 13.0 Å². The highest BCUT2D eigenvalue weighted by atomic mass is 14.7. The van der Waals surface area contributed by atoms with Gasteiger partial charge in [-0.1, -0.05) is 6.07 Å². The van der Waals surface area contributed by atoms with E-state index in [0.717, 1.165) is 16.8 Å². The standard InChI is InChI=1S/C11H9N2/c1-9-8-12-7-5-10(9)11-4-2-3-6-13-11/h2-3,5-8H,1H3. The molecule has 0 saturated heterocycles. The molecule has 0 fully saturated rings. The van der Waals surface area contributed by atoms with Gasteiger partial charge in [0.05, 0.1) is 5.69 Å². The van der Waals surface area contributed by atoms with E-state index >= 15 is 0 Å². The van der Waals surface area contributed by atoms with Crippen LogP contribution in [0.2, 0.25) is 0 Å². The number of pyridine rings is 2. The molecule has 0 bridgehead atoms. The van der Waals surface area contributed by atoms with Crippen LogP contribution < -0.4 is 0 Å². The van der Waals surface area contributed by atoms with Crippen LogP contribution in [0.4, 0.5) is 0 Å². The lowest BCUT2D eigenvalue weighted by atomic mass is 10.1. The molecule has 0 aromatic carbocycles. The largest absolute Gasteiger partial charge is 0.264 e. The Hall–Kier alpha value is -1.70. The van der Waals surface area contributed by atoms with Gasteiger partial charge in [-0.25, -0.2) is 0 Å². The molecule has 0 spiro atoms. The summed E-state index contributed by atoms with van der Waals surface area (Å²) in [5.74, 6) is 0. The number of hydrogen-bond donors (Lipinski definition) is 0. The van der Waals surface area contributed by atoms with Crippen molar-refractivity contribution in [2.45, 2.75) is 6.92 Å². The lowest BCUT2D eigenvalue weighted by molar-refractivity contribution is 1.24. The Morgan fingerprint density at radius 3 is 2.92 bits per heavy atom. The van der Waals surface area contributed by atoms with E-state index in [2.05, 4.69) is 16.0 Å². The summed E-state index contributed by atoms with van der Waals surface area (Å²) in [6, 6.07) is 8.76. The predicted molar refractivity (Wildman–Crippen MR) is 51.0 cm³/mol. The van der Waals surface area contributed by atoms with Gasteiger partial charge in [0.25, 0.3) is 0 Å². The van der Waals surface area contributed by atoms with Crippen LogP contribution >= 0.6 is 0 Å². The fourth-order valence-electron chi connectivity index (χ4n) is 1.21. The first-order valence-corrected chi connectivity index (χ1v) is 4.11. The molecule has 0 N–H and O–H groups in total.